The van der Waals surface area contributed by atoms with Crippen molar-refractivity contribution >= 4 is 17.5 Å². The smallest absolute Gasteiger partial charge is 0.225 e. The third-order valence-corrected chi connectivity index (χ3v) is 4.70. The van der Waals surface area contributed by atoms with Crippen molar-refractivity contribution in [3.63, 3.8) is 0 Å². The molecule has 1 atom stereocenters. The number of rotatable bonds is 5. The molecule has 0 radical (unpaired) electrons. The van der Waals surface area contributed by atoms with Gasteiger partial charge in [-0.1, -0.05) is 6.92 Å². The monoisotopic (exact) mass is 347 g/mol. The van der Waals surface area contributed by atoms with Gasteiger partial charge in [0, 0.05) is 25.5 Å². The summed E-state index contributed by atoms with van der Waals surface area (Å²) in [6.07, 6.45) is 10.2. The van der Waals surface area contributed by atoms with Gasteiger partial charge in [-0.25, -0.2) is 19.9 Å². The van der Waals surface area contributed by atoms with Gasteiger partial charge >= 0.3 is 0 Å². The molecule has 3 rings (SSSR count). The second-order valence-electron chi connectivity index (χ2n) is 6.08. The third kappa shape index (κ3) is 4.12. The van der Waals surface area contributed by atoms with Crippen LogP contribution in [0.2, 0.25) is 5.28 Å². The van der Waals surface area contributed by atoms with Crippen molar-refractivity contribution in [3.05, 3.63) is 35.6 Å². The molecule has 0 unspecified atom stereocenters. The lowest BCUT2D eigenvalue weighted by Gasteiger charge is -2.34. The van der Waals surface area contributed by atoms with Gasteiger partial charge in [-0.15, -0.1) is 0 Å². The van der Waals surface area contributed by atoms with Crippen LogP contribution in [0.5, 0.6) is 5.75 Å². The first-order valence-electron chi connectivity index (χ1n) is 8.35. The largest absolute Gasteiger partial charge is 0.487 e. The quantitative estimate of drug-likeness (QED) is 0.774. The Hall–Kier alpha value is -1.95. The standard InChI is InChI=1S/C17H22ClN5O/c1-3-13-8-21-17(22-9-13)23-6-4-14(5-7-23)12(2)24-15-10-19-16(18)20-11-15/h8-12,14H,3-7H2,1-2H3/t12-/m0/s1. The van der Waals surface area contributed by atoms with Crippen LogP contribution in [0.4, 0.5) is 5.95 Å². The number of hydrogen-bond acceptors (Lipinski definition) is 6. The lowest BCUT2D eigenvalue weighted by molar-refractivity contribution is 0.132. The summed E-state index contributed by atoms with van der Waals surface area (Å²) in [4.78, 5) is 19.1. The van der Waals surface area contributed by atoms with Crippen LogP contribution in [0.25, 0.3) is 0 Å². The molecule has 2 aromatic heterocycles. The topological polar surface area (TPSA) is 64.0 Å². The number of nitrogens with zero attached hydrogens (tertiary/aromatic N) is 5. The summed E-state index contributed by atoms with van der Waals surface area (Å²) in [6, 6.07) is 0. The molecule has 0 spiro atoms. The van der Waals surface area contributed by atoms with Crippen molar-refractivity contribution in [2.45, 2.75) is 39.2 Å². The fraction of sp³-hybridized carbons (Fsp3) is 0.529. The number of hydrogen-bond donors (Lipinski definition) is 0. The second kappa shape index (κ2) is 7.75. The zero-order valence-electron chi connectivity index (χ0n) is 14.0. The first kappa shape index (κ1) is 16.9. The van der Waals surface area contributed by atoms with Crippen molar-refractivity contribution in [1.29, 1.82) is 0 Å². The van der Waals surface area contributed by atoms with Gasteiger partial charge in [-0.05, 0) is 49.3 Å². The Morgan fingerprint density at radius 2 is 1.75 bits per heavy atom. The number of anilines is 1. The van der Waals surface area contributed by atoms with Crippen molar-refractivity contribution in [2.75, 3.05) is 18.0 Å². The highest BCUT2D eigenvalue weighted by atomic mass is 35.5. The molecule has 6 nitrogen and oxygen atoms in total. The molecule has 1 fully saturated rings. The molecule has 2 aromatic rings. The van der Waals surface area contributed by atoms with E-state index >= 15 is 0 Å². The maximum Gasteiger partial charge on any atom is 0.225 e. The molecule has 7 heteroatoms. The van der Waals surface area contributed by atoms with Crippen LogP contribution >= 0.6 is 11.6 Å². The molecule has 1 aliphatic heterocycles. The van der Waals surface area contributed by atoms with E-state index in [0.29, 0.717) is 11.7 Å². The molecule has 0 N–H and O–H groups in total. The van der Waals surface area contributed by atoms with Crippen LogP contribution in [0.15, 0.2) is 24.8 Å². The van der Waals surface area contributed by atoms with Gasteiger partial charge in [0.15, 0.2) is 5.75 Å². The Bertz CT molecular complexity index is 641. The van der Waals surface area contributed by atoms with Gasteiger partial charge in [-0.3, -0.25) is 0 Å². The van der Waals surface area contributed by atoms with E-state index in [0.717, 1.165) is 38.3 Å². The molecule has 0 saturated carbocycles. The highest BCUT2D eigenvalue weighted by Gasteiger charge is 2.26. The van der Waals surface area contributed by atoms with Crippen LogP contribution in [0.1, 0.15) is 32.3 Å². The average Bonchev–Trinajstić information content (AvgIpc) is 2.64. The lowest BCUT2D eigenvalue weighted by Crippen LogP contribution is -2.39. The normalized spacial score (nSPS) is 16.9. The van der Waals surface area contributed by atoms with E-state index in [-0.39, 0.29) is 11.4 Å². The molecule has 1 saturated heterocycles. The van der Waals surface area contributed by atoms with E-state index in [1.54, 1.807) is 12.4 Å². The molecule has 1 aliphatic rings. The first-order chi connectivity index (χ1) is 11.7. The number of aryl methyl sites for hydroxylation is 1. The van der Waals surface area contributed by atoms with E-state index < -0.39 is 0 Å². The van der Waals surface area contributed by atoms with E-state index in [1.165, 1.54) is 5.56 Å². The molecule has 24 heavy (non-hydrogen) atoms. The molecule has 128 valence electrons. The van der Waals surface area contributed by atoms with Gasteiger partial charge < -0.3 is 9.64 Å². The van der Waals surface area contributed by atoms with E-state index in [2.05, 4.69) is 38.7 Å². The zero-order valence-corrected chi connectivity index (χ0v) is 14.8. The Morgan fingerprint density at radius 3 is 2.33 bits per heavy atom. The fourth-order valence-electron chi connectivity index (χ4n) is 2.93. The molecule has 0 aliphatic carbocycles. The molecule has 0 bridgehead atoms. The van der Waals surface area contributed by atoms with Crippen LogP contribution in [0.3, 0.4) is 0 Å². The summed E-state index contributed by atoms with van der Waals surface area (Å²) in [5.41, 5.74) is 1.17. The molecule has 0 amide bonds. The van der Waals surface area contributed by atoms with E-state index in [1.807, 2.05) is 12.4 Å². The lowest BCUT2D eigenvalue weighted by atomic mass is 9.92. The molecule has 3 heterocycles. The number of ether oxygens (including phenoxy) is 1. The van der Waals surface area contributed by atoms with Crippen molar-refractivity contribution < 1.29 is 4.74 Å². The predicted octanol–water partition coefficient (Wildman–Crippen LogP) is 3.17. The number of aromatic nitrogens is 4. The third-order valence-electron chi connectivity index (χ3n) is 4.50. The summed E-state index contributed by atoms with van der Waals surface area (Å²) < 4.78 is 5.95. The first-order valence-corrected chi connectivity index (χ1v) is 8.73. The van der Waals surface area contributed by atoms with Crippen molar-refractivity contribution in [3.8, 4) is 5.75 Å². The van der Waals surface area contributed by atoms with Gasteiger partial charge in [0.25, 0.3) is 0 Å². The maximum absolute atomic E-state index is 5.95. The Balaban J connectivity index is 1.53. The minimum absolute atomic E-state index is 0.111. The predicted molar refractivity (Wildman–Crippen MR) is 93.5 cm³/mol. The minimum Gasteiger partial charge on any atom is -0.487 e. The van der Waals surface area contributed by atoms with Crippen molar-refractivity contribution in [1.82, 2.24) is 19.9 Å². The van der Waals surface area contributed by atoms with E-state index in [9.17, 15) is 0 Å². The van der Waals surface area contributed by atoms with Gasteiger partial charge in [0.2, 0.25) is 11.2 Å². The molecular weight excluding hydrogens is 326 g/mol. The minimum atomic E-state index is 0.111. The summed E-state index contributed by atoms with van der Waals surface area (Å²) >= 11 is 5.70. The number of halogens is 1. The average molecular weight is 348 g/mol. The Labute approximate surface area is 147 Å². The zero-order chi connectivity index (χ0) is 16.9. The van der Waals surface area contributed by atoms with Gasteiger partial charge in [0.05, 0.1) is 18.5 Å². The highest BCUT2D eigenvalue weighted by Crippen LogP contribution is 2.25. The summed E-state index contributed by atoms with van der Waals surface area (Å²) in [5.74, 6) is 1.98. The van der Waals surface area contributed by atoms with Gasteiger partial charge in [-0.2, -0.15) is 0 Å². The van der Waals surface area contributed by atoms with Crippen molar-refractivity contribution in [2.24, 2.45) is 5.92 Å². The molecular formula is C17H22ClN5O. The van der Waals surface area contributed by atoms with Crippen LogP contribution in [0, 0.1) is 5.92 Å². The van der Waals surface area contributed by atoms with Crippen LogP contribution < -0.4 is 9.64 Å². The highest BCUT2D eigenvalue weighted by molar-refractivity contribution is 6.28. The summed E-state index contributed by atoms with van der Waals surface area (Å²) in [6.45, 7) is 6.10. The Morgan fingerprint density at radius 1 is 1.12 bits per heavy atom. The maximum atomic E-state index is 5.95. The summed E-state index contributed by atoms with van der Waals surface area (Å²) in [7, 11) is 0. The Kier molecular flexibility index (Phi) is 5.45. The summed E-state index contributed by atoms with van der Waals surface area (Å²) in [5, 5.41) is 0.234. The van der Waals surface area contributed by atoms with E-state index in [4.69, 9.17) is 16.3 Å². The SMILES string of the molecule is CCc1cnc(N2CCC([C@H](C)Oc3cnc(Cl)nc3)CC2)nc1. The number of piperidine rings is 1. The van der Waals surface area contributed by atoms with Gasteiger partial charge in [0.1, 0.15) is 0 Å². The second-order valence-corrected chi connectivity index (χ2v) is 6.42. The fourth-order valence-corrected chi connectivity index (χ4v) is 3.03. The van der Waals surface area contributed by atoms with Crippen LogP contribution in [-0.2, 0) is 6.42 Å². The van der Waals surface area contributed by atoms with Crippen LogP contribution in [-0.4, -0.2) is 39.1 Å². The molecule has 0 aromatic carbocycles.